The van der Waals surface area contributed by atoms with E-state index in [0.29, 0.717) is 0 Å². The Morgan fingerprint density at radius 3 is 1.12 bits per heavy atom. The number of rotatable bonds is 6. The van der Waals surface area contributed by atoms with Gasteiger partial charge in [-0.2, -0.15) is 0 Å². The molecule has 2 heteroatoms. The topological polar surface area (TPSA) is 23.5 Å². The molecule has 210 valence electrons. The van der Waals surface area contributed by atoms with E-state index in [4.69, 9.17) is 0 Å². The first-order valence-corrected chi connectivity index (χ1v) is 14.5. The van der Waals surface area contributed by atoms with Crippen molar-refractivity contribution in [3.05, 3.63) is 125 Å². The van der Waals surface area contributed by atoms with Gasteiger partial charge in [0.05, 0.1) is 6.61 Å². The second-order valence-corrected chi connectivity index (χ2v) is 14.2. The predicted octanol–water partition coefficient (Wildman–Crippen LogP) is 10.4. The van der Waals surface area contributed by atoms with Crippen molar-refractivity contribution in [2.24, 2.45) is 5.41 Å². The average molecular weight is 534 g/mol. The molecule has 0 fully saturated rings. The van der Waals surface area contributed by atoms with Crippen LogP contribution in [0.4, 0.5) is 17.1 Å². The Balaban J connectivity index is 1.77. The smallest absolute Gasteiger partial charge is 0.0681 e. The molecule has 0 aliphatic rings. The summed E-state index contributed by atoms with van der Waals surface area (Å²) in [4.78, 5) is 2.35. The quantitative estimate of drug-likeness (QED) is 0.266. The molecule has 0 aliphatic heterocycles. The maximum atomic E-state index is 9.52. The van der Waals surface area contributed by atoms with Crippen molar-refractivity contribution in [1.82, 2.24) is 0 Å². The van der Waals surface area contributed by atoms with Crippen LogP contribution in [0, 0.1) is 5.41 Å². The highest BCUT2D eigenvalue weighted by molar-refractivity contribution is 5.77. The van der Waals surface area contributed by atoms with E-state index in [1.165, 1.54) is 22.3 Å². The first-order valence-electron chi connectivity index (χ1n) is 14.5. The Labute approximate surface area is 242 Å². The molecule has 1 unspecified atom stereocenters. The van der Waals surface area contributed by atoms with Gasteiger partial charge >= 0.3 is 0 Å². The van der Waals surface area contributed by atoms with Gasteiger partial charge in [0.15, 0.2) is 0 Å². The van der Waals surface area contributed by atoms with Crippen LogP contribution in [0.1, 0.15) is 96.0 Å². The van der Waals surface area contributed by atoms with Crippen molar-refractivity contribution in [2.75, 3.05) is 4.90 Å². The molecule has 4 rings (SSSR count). The van der Waals surface area contributed by atoms with Crippen molar-refractivity contribution in [3.63, 3.8) is 0 Å². The predicted molar refractivity (Wildman–Crippen MR) is 172 cm³/mol. The molecule has 4 aromatic carbocycles. The van der Waals surface area contributed by atoms with Crippen LogP contribution >= 0.6 is 0 Å². The molecule has 4 aromatic rings. The SMILES string of the molecule is CC(C)(C)c1ccc(N(c2ccc(C(c3ccc(CO)cc3)C(C)(C)C)cc2)c2ccc(C(C)(C)C)cc2)cc1. The van der Waals surface area contributed by atoms with E-state index in [-0.39, 0.29) is 28.8 Å². The lowest BCUT2D eigenvalue weighted by atomic mass is 9.72. The molecule has 2 nitrogen and oxygen atoms in total. The first kappa shape index (κ1) is 29.6. The van der Waals surface area contributed by atoms with Crippen molar-refractivity contribution >= 4 is 17.1 Å². The van der Waals surface area contributed by atoms with Gasteiger partial charge in [-0.1, -0.05) is 123 Å². The van der Waals surface area contributed by atoms with E-state index in [0.717, 1.165) is 22.6 Å². The lowest BCUT2D eigenvalue weighted by Gasteiger charge is -2.33. The van der Waals surface area contributed by atoms with Crippen LogP contribution in [0.25, 0.3) is 0 Å². The molecule has 1 N–H and O–H groups in total. The first-order chi connectivity index (χ1) is 18.7. The van der Waals surface area contributed by atoms with Crippen molar-refractivity contribution in [3.8, 4) is 0 Å². The summed E-state index contributed by atoms with van der Waals surface area (Å²) < 4.78 is 0. The Hall–Kier alpha value is -3.36. The summed E-state index contributed by atoms with van der Waals surface area (Å²) in [6.07, 6.45) is 0. The number of hydrogen-bond donors (Lipinski definition) is 1. The summed E-state index contributed by atoms with van der Waals surface area (Å²) in [6.45, 7) is 20.5. The Morgan fingerprint density at radius 1 is 0.500 bits per heavy atom. The van der Waals surface area contributed by atoms with Gasteiger partial charge in [-0.25, -0.2) is 0 Å². The number of aliphatic hydroxyl groups excluding tert-OH is 1. The second-order valence-electron chi connectivity index (χ2n) is 14.2. The van der Waals surface area contributed by atoms with E-state index in [1.807, 2.05) is 12.1 Å². The van der Waals surface area contributed by atoms with E-state index >= 15 is 0 Å². The number of nitrogens with zero attached hydrogens (tertiary/aromatic N) is 1. The number of benzene rings is 4. The Bertz CT molecular complexity index is 1320. The normalized spacial score (nSPS) is 13.2. The summed E-state index contributed by atoms with van der Waals surface area (Å²) in [6, 6.07) is 35.5. The number of aliphatic hydroxyl groups is 1. The van der Waals surface area contributed by atoms with E-state index in [9.17, 15) is 5.11 Å². The third kappa shape index (κ3) is 6.67. The van der Waals surface area contributed by atoms with Gasteiger partial charge in [0.1, 0.15) is 0 Å². The van der Waals surface area contributed by atoms with Crippen LogP contribution in [-0.4, -0.2) is 5.11 Å². The zero-order valence-electron chi connectivity index (χ0n) is 25.9. The fourth-order valence-electron chi connectivity index (χ4n) is 5.49. The van der Waals surface area contributed by atoms with Gasteiger partial charge in [-0.05, 0) is 80.5 Å². The minimum atomic E-state index is 0.0352. The average Bonchev–Trinajstić information content (AvgIpc) is 2.89. The summed E-state index contributed by atoms with van der Waals surface area (Å²) in [5.74, 6) is 0.236. The Morgan fingerprint density at radius 2 is 0.825 bits per heavy atom. The fraction of sp³-hybridized carbons (Fsp3) is 0.368. The minimum Gasteiger partial charge on any atom is -0.392 e. The number of anilines is 3. The van der Waals surface area contributed by atoms with Crippen molar-refractivity contribution < 1.29 is 5.11 Å². The van der Waals surface area contributed by atoms with Crippen LogP contribution < -0.4 is 4.90 Å². The Kier molecular flexibility index (Phi) is 8.33. The van der Waals surface area contributed by atoms with Crippen LogP contribution in [0.3, 0.4) is 0 Å². The lowest BCUT2D eigenvalue weighted by Crippen LogP contribution is -2.20. The minimum absolute atomic E-state index is 0.0352. The third-order valence-electron chi connectivity index (χ3n) is 7.83. The van der Waals surface area contributed by atoms with Gasteiger partial charge < -0.3 is 10.0 Å². The monoisotopic (exact) mass is 533 g/mol. The lowest BCUT2D eigenvalue weighted by molar-refractivity contribution is 0.281. The fourth-order valence-corrected chi connectivity index (χ4v) is 5.49. The van der Waals surface area contributed by atoms with E-state index in [1.54, 1.807) is 0 Å². The molecule has 0 aliphatic carbocycles. The van der Waals surface area contributed by atoms with Gasteiger partial charge in [0.25, 0.3) is 0 Å². The molecule has 0 saturated heterocycles. The summed E-state index contributed by atoms with van der Waals surface area (Å²) >= 11 is 0. The second kappa shape index (κ2) is 11.3. The van der Waals surface area contributed by atoms with Gasteiger partial charge in [0.2, 0.25) is 0 Å². The molecule has 0 saturated carbocycles. The maximum absolute atomic E-state index is 9.52. The highest BCUT2D eigenvalue weighted by atomic mass is 16.3. The van der Waals surface area contributed by atoms with E-state index in [2.05, 4.69) is 152 Å². The van der Waals surface area contributed by atoms with E-state index < -0.39 is 0 Å². The molecular formula is C38H47NO. The zero-order valence-corrected chi connectivity index (χ0v) is 25.9. The molecule has 0 aromatic heterocycles. The molecule has 0 heterocycles. The summed E-state index contributed by atoms with van der Waals surface area (Å²) in [5, 5.41) is 9.52. The molecule has 0 radical (unpaired) electrons. The third-order valence-corrected chi connectivity index (χ3v) is 7.83. The van der Waals surface area contributed by atoms with Gasteiger partial charge in [-0.15, -0.1) is 0 Å². The van der Waals surface area contributed by atoms with Gasteiger partial charge in [-0.3, -0.25) is 0 Å². The summed E-state index contributed by atoms with van der Waals surface area (Å²) in [5.41, 5.74) is 9.85. The highest BCUT2D eigenvalue weighted by Crippen LogP contribution is 2.42. The molecule has 0 amide bonds. The molecule has 0 bridgehead atoms. The zero-order chi connectivity index (χ0) is 29.3. The molecular weight excluding hydrogens is 486 g/mol. The largest absolute Gasteiger partial charge is 0.392 e. The van der Waals surface area contributed by atoms with Crippen LogP contribution in [0.2, 0.25) is 0 Å². The van der Waals surface area contributed by atoms with Crippen LogP contribution in [0.5, 0.6) is 0 Å². The summed E-state index contributed by atoms with van der Waals surface area (Å²) in [7, 11) is 0. The molecule has 40 heavy (non-hydrogen) atoms. The van der Waals surface area contributed by atoms with Crippen LogP contribution in [0.15, 0.2) is 97.1 Å². The standard InChI is InChI=1S/C38H47NO/c1-36(2,3)30-16-22-33(23-17-30)39(34-24-18-31(19-25-34)37(4,5)6)32-20-14-29(15-21-32)35(38(7,8)9)28-12-10-27(26-40)11-13-28/h10-25,35,40H,26H2,1-9H3. The number of hydrogen-bond acceptors (Lipinski definition) is 2. The maximum Gasteiger partial charge on any atom is 0.0681 e. The highest BCUT2D eigenvalue weighted by Gasteiger charge is 2.28. The van der Waals surface area contributed by atoms with Crippen molar-refractivity contribution in [2.45, 2.75) is 85.7 Å². The van der Waals surface area contributed by atoms with Crippen molar-refractivity contribution in [1.29, 1.82) is 0 Å². The molecule has 0 spiro atoms. The van der Waals surface area contributed by atoms with Gasteiger partial charge in [0, 0.05) is 23.0 Å². The molecule has 1 atom stereocenters. The van der Waals surface area contributed by atoms with Crippen LogP contribution in [-0.2, 0) is 17.4 Å².